The number of thiazole rings is 1. The highest BCUT2D eigenvalue weighted by Gasteiger charge is 2.34. The zero-order valence-electron chi connectivity index (χ0n) is 12.1. The summed E-state index contributed by atoms with van der Waals surface area (Å²) in [5.74, 6) is 0. The highest BCUT2D eigenvalue weighted by molar-refractivity contribution is 9.10. The van der Waals surface area contributed by atoms with Gasteiger partial charge in [0.25, 0.3) is 0 Å². The van der Waals surface area contributed by atoms with Crippen molar-refractivity contribution in [2.24, 2.45) is 0 Å². The van der Waals surface area contributed by atoms with Crippen LogP contribution in [0.5, 0.6) is 0 Å². The van der Waals surface area contributed by atoms with E-state index in [1.165, 1.54) is 17.4 Å². The molecule has 10 heteroatoms. The fourth-order valence-corrected chi connectivity index (χ4v) is 3.43. The van der Waals surface area contributed by atoms with Crippen molar-refractivity contribution in [3.63, 3.8) is 0 Å². The van der Waals surface area contributed by atoms with Gasteiger partial charge >= 0.3 is 12.2 Å². The van der Waals surface area contributed by atoms with Gasteiger partial charge in [-0.2, -0.15) is 13.2 Å². The first-order chi connectivity index (χ1) is 11.7. The topological polar surface area (TPSA) is 54.0 Å². The Morgan fingerprint density at radius 1 is 1.16 bits per heavy atom. The van der Waals surface area contributed by atoms with Crippen LogP contribution in [-0.2, 0) is 6.18 Å². The van der Waals surface area contributed by atoms with Crippen LogP contribution in [0.2, 0.25) is 5.02 Å². The Kier molecular flexibility index (Phi) is 4.90. The lowest BCUT2D eigenvalue weighted by Gasteiger charge is -2.14. The molecule has 130 valence electrons. The van der Waals surface area contributed by atoms with Crippen LogP contribution in [0.25, 0.3) is 10.2 Å². The lowest BCUT2D eigenvalue weighted by molar-refractivity contribution is -0.136. The number of hydrogen-bond acceptors (Lipinski definition) is 3. The van der Waals surface area contributed by atoms with Crippen molar-refractivity contribution in [2.45, 2.75) is 6.18 Å². The summed E-state index contributed by atoms with van der Waals surface area (Å²) in [7, 11) is 0. The Morgan fingerprint density at radius 2 is 1.92 bits per heavy atom. The summed E-state index contributed by atoms with van der Waals surface area (Å²) >= 11 is 10.1. The molecule has 2 aromatic carbocycles. The first kappa shape index (κ1) is 18.0. The van der Waals surface area contributed by atoms with Crippen molar-refractivity contribution in [3.05, 3.63) is 51.5 Å². The summed E-state index contributed by atoms with van der Waals surface area (Å²) in [6.45, 7) is 0. The number of nitrogens with zero attached hydrogens (tertiary/aromatic N) is 1. The Bertz CT molecular complexity index is 961. The van der Waals surface area contributed by atoms with E-state index in [9.17, 15) is 18.0 Å². The van der Waals surface area contributed by atoms with Crippen molar-refractivity contribution in [1.82, 2.24) is 4.98 Å². The van der Waals surface area contributed by atoms with E-state index in [-0.39, 0.29) is 10.2 Å². The zero-order valence-corrected chi connectivity index (χ0v) is 15.3. The van der Waals surface area contributed by atoms with Gasteiger partial charge < -0.3 is 5.32 Å². The molecule has 0 saturated carbocycles. The molecule has 0 saturated heterocycles. The summed E-state index contributed by atoms with van der Waals surface area (Å²) in [6, 6.07) is 7.71. The SMILES string of the molecule is O=C(Nc1nc2cc(Br)ccc2s1)Nc1ccc(Cl)cc1C(F)(F)F. The van der Waals surface area contributed by atoms with E-state index in [1.807, 2.05) is 12.1 Å². The monoisotopic (exact) mass is 449 g/mol. The summed E-state index contributed by atoms with van der Waals surface area (Å²) in [5, 5.41) is 4.81. The molecule has 3 aromatic rings. The molecule has 0 fully saturated rings. The van der Waals surface area contributed by atoms with Crippen LogP contribution in [0.1, 0.15) is 5.56 Å². The molecule has 0 aliphatic carbocycles. The Morgan fingerprint density at radius 3 is 2.64 bits per heavy atom. The third kappa shape index (κ3) is 4.23. The molecule has 4 nitrogen and oxygen atoms in total. The molecule has 0 atom stereocenters. The molecule has 25 heavy (non-hydrogen) atoms. The minimum absolute atomic E-state index is 0.0740. The van der Waals surface area contributed by atoms with Crippen molar-refractivity contribution in [3.8, 4) is 0 Å². The van der Waals surface area contributed by atoms with Gasteiger partial charge in [0.1, 0.15) is 0 Å². The maximum Gasteiger partial charge on any atom is 0.418 e. The number of fused-ring (bicyclic) bond motifs is 1. The predicted molar refractivity (Wildman–Crippen MR) is 96.4 cm³/mol. The standard InChI is InChI=1S/C15H8BrClF3N3OS/c16-7-1-4-12-11(5-7)22-14(25-12)23-13(24)21-10-3-2-8(17)6-9(10)15(18,19)20/h1-6H,(H2,21,22,23,24). The summed E-state index contributed by atoms with van der Waals surface area (Å²) in [6.07, 6.45) is -4.64. The van der Waals surface area contributed by atoms with Gasteiger partial charge in [0, 0.05) is 9.50 Å². The highest BCUT2D eigenvalue weighted by atomic mass is 79.9. The van der Waals surface area contributed by atoms with Crippen LogP contribution in [0.15, 0.2) is 40.9 Å². The number of alkyl halides is 3. The van der Waals surface area contributed by atoms with Crippen LogP contribution < -0.4 is 10.6 Å². The van der Waals surface area contributed by atoms with Gasteiger partial charge in [-0.25, -0.2) is 9.78 Å². The van der Waals surface area contributed by atoms with E-state index >= 15 is 0 Å². The number of benzene rings is 2. The first-order valence-corrected chi connectivity index (χ1v) is 8.72. The number of anilines is 2. The third-order valence-electron chi connectivity index (χ3n) is 3.11. The number of amides is 2. The molecule has 1 aromatic heterocycles. The van der Waals surface area contributed by atoms with Gasteiger partial charge in [0.05, 0.1) is 21.5 Å². The quantitative estimate of drug-likeness (QED) is 0.476. The largest absolute Gasteiger partial charge is 0.418 e. The molecule has 2 amide bonds. The van der Waals surface area contributed by atoms with Gasteiger partial charge in [-0.15, -0.1) is 0 Å². The summed E-state index contributed by atoms with van der Waals surface area (Å²) < 4.78 is 40.8. The number of hydrogen-bond donors (Lipinski definition) is 2. The smallest absolute Gasteiger partial charge is 0.307 e. The zero-order chi connectivity index (χ0) is 18.2. The first-order valence-electron chi connectivity index (χ1n) is 6.73. The molecule has 0 radical (unpaired) electrons. The van der Waals surface area contributed by atoms with Crippen molar-refractivity contribution in [2.75, 3.05) is 10.6 Å². The van der Waals surface area contributed by atoms with Crippen LogP contribution in [0, 0.1) is 0 Å². The molecule has 0 aliphatic rings. The Hall–Kier alpha value is -1.84. The summed E-state index contributed by atoms with van der Waals surface area (Å²) in [5.41, 5.74) is -0.751. The van der Waals surface area contributed by atoms with E-state index in [4.69, 9.17) is 11.6 Å². The van der Waals surface area contributed by atoms with Crippen LogP contribution in [-0.4, -0.2) is 11.0 Å². The molecule has 2 N–H and O–H groups in total. The Balaban J connectivity index is 1.80. The van der Waals surface area contributed by atoms with Gasteiger partial charge in [0.2, 0.25) is 0 Å². The maximum absolute atomic E-state index is 13.0. The predicted octanol–water partition coefficient (Wildman–Crippen LogP) is 6.38. The van der Waals surface area contributed by atoms with E-state index in [0.29, 0.717) is 5.52 Å². The van der Waals surface area contributed by atoms with Crippen LogP contribution in [0.3, 0.4) is 0 Å². The second-order valence-electron chi connectivity index (χ2n) is 4.90. The fourth-order valence-electron chi connectivity index (χ4n) is 2.06. The number of halogens is 5. The average molecular weight is 451 g/mol. The number of aromatic nitrogens is 1. The van der Waals surface area contributed by atoms with E-state index in [0.717, 1.165) is 21.3 Å². The fraction of sp³-hybridized carbons (Fsp3) is 0.0667. The number of carbonyl (C=O) groups excluding carboxylic acids is 1. The third-order valence-corrected chi connectivity index (χ3v) is 4.79. The molecule has 0 aliphatic heterocycles. The molecule has 0 unspecified atom stereocenters. The van der Waals surface area contributed by atoms with Gasteiger partial charge in [-0.05, 0) is 36.4 Å². The number of rotatable bonds is 2. The molecular weight excluding hydrogens is 443 g/mol. The average Bonchev–Trinajstić information content (AvgIpc) is 2.89. The van der Waals surface area contributed by atoms with Crippen LogP contribution in [0.4, 0.5) is 28.8 Å². The normalized spacial score (nSPS) is 11.6. The summed E-state index contributed by atoms with van der Waals surface area (Å²) in [4.78, 5) is 16.2. The van der Waals surface area contributed by atoms with Gasteiger partial charge in [-0.3, -0.25) is 5.32 Å². The second kappa shape index (κ2) is 6.81. The molecule has 0 spiro atoms. The highest BCUT2D eigenvalue weighted by Crippen LogP contribution is 2.36. The lowest BCUT2D eigenvalue weighted by atomic mass is 10.1. The Labute approximate surface area is 157 Å². The maximum atomic E-state index is 13.0. The number of urea groups is 1. The van der Waals surface area contributed by atoms with Gasteiger partial charge in [-0.1, -0.05) is 38.9 Å². The molecule has 0 bridgehead atoms. The second-order valence-corrected chi connectivity index (χ2v) is 7.28. The number of carbonyl (C=O) groups is 1. The van der Waals surface area contributed by atoms with E-state index in [2.05, 4.69) is 31.5 Å². The van der Waals surface area contributed by atoms with Gasteiger partial charge in [0.15, 0.2) is 5.13 Å². The van der Waals surface area contributed by atoms with Crippen molar-refractivity contribution < 1.29 is 18.0 Å². The van der Waals surface area contributed by atoms with Crippen molar-refractivity contribution in [1.29, 1.82) is 0 Å². The number of nitrogens with one attached hydrogen (secondary N) is 2. The van der Waals surface area contributed by atoms with Crippen LogP contribution >= 0.6 is 38.9 Å². The van der Waals surface area contributed by atoms with E-state index < -0.39 is 23.5 Å². The molecular formula is C15H8BrClF3N3OS. The van der Waals surface area contributed by atoms with E-state index in [1.54, 1.807) is 6.07 Å². The van der Waals surface area contributed by atoms with Crippen molar-refractivity contribution >= 4 is 65.9 Å². The molecule has 1 heterocycles. The molecule has 3 rings (SSSR count). The minimum Gasteiger partial charge on any atom is -0.307 e. The minimum atomic E-state index is -4.64. The lowest BCUT2D eigenvalue weighted by Crippen LogP contribution is -2.21.